The number of rotatable bonds is 13. The quantitative estimate of drug-likeness (QED) is 0.379. The van der Waals surface area contributed by atoms with Gasteiger partial charge in [-0.25, -0.2) is 4.79 Å². The third-order valence-electron chi connectivity index (χ3n) is 8.57. The van der Waals surface area contributed by atoms with Crippen molar-refractivity contribution in [1.29, 1.82) is 0 Å². The lowest BCUT2D eigenvalue weighted by molar-refractivity contribution is -0.144. The van der Waals surface area contributed by atoms with Gasteiger partial charge in [-0.05, 0) is 87.3 Å². The number of aromatic nitrogens is 1. The number of amides is 1. The molecule has 2 aliphatic carbocycles. The van der Waals surface area contributed by atoms with E-state index in [1.54, 1.807) is 0 Å². The van der Waals surface area contributed by atoms with Crippen molar-refractivity contribution < 1.29 is 19.4 Å². The summed E-state index contributed by atoms with van der Waals surface area (Å²) in [5.41, 5.74) is 4.12. The van der Waals surface area contributed by atoms with E-state index in [4.69, 9.17) is 9.72 Å². The highest BCUT2D eigenvalue weighted by Crippen LogP contribution is 2.34. The lowest BCUT2D eigenvalue weighted by Crippen LogP contribution is -2.50. The Morgan fingerprint density at radius 2 is 1.81 bits per heavy atom. The van der Waals surface area contributed by atoms with Gasteiger partial charge in [-0.2, -0.15) is 0 Å². The van der Waals surface area contributed by atoms with Gasteiger partial charge in [0.1, 0.15) is 6.04 Å². The monoisotopic (exact) mass is 506 g/mol. The minimum atomic E-state index is -1.02. The van der Waals surface area contributed by atoms with Crippen LogP contribution in [0.2, 0.25) is 0 Å². The largest absolute Gasteiger partial charge is 0.480 e. The Hall–Kier alpha value is -2.73. The second-order valence-electron chi connectivity index (χ2n) is 10.8. The third-order valence-corrected chi connectivity index (χ3v) is 8.57. The number of nitrogens with zero attached hydrogens (tertiary/aromatic N) is 1. The first-order chi connectivity index (χ1) is 17.9. The normalized spacial score (nSPS) is 19.9. The molecule has 2 aromatic rings. The topological polar surface area (TPSA) is 88.5 Å². The summed E-state index contributed by atoms with van der Waals surface area (Å²) in [6, 6.07) is 13.2. The SMILES string of the molecule is CCC(CC)(C(=O)NC(CCOC1CC(CCc2ccc3c(n2)CCCC3)C1)C(=O)O)c1ccccc1. The number of aryl methyl sites for hydroxylation is 3. The van der Waals surface area contributed by atoms with Gasteiger partial charge in [-0.15, -0.1) is 0 Å². The summed E-state index contributed by atoms with van der Waals surface area (Å²) in [4.78, 5) is 30.1. The molecule has 0 aliphatic heterocycles. The summed E-state index contributed by atoms with van der Waals surface area (Å²) < 4.78 is 5.99. The Balaban J connectivity index is 1.20. The zero-order valence-corrected chi connectivity index (χ0v) is 22.4. The van der Waals surface area contributed by atoms with Gasteiger partial charge in [-0.3, -0.25) is 9.78 Å². The maximum Gasteiger partial charge on any atom is 0.326 e. The minimum Gasteiger partial charge on any atom is -0.480 e. The fourth-order valence-electron chi connectivity index (χ4n) is 5.94. The molecule has 6 nitrogen and oxygen atoms in total. The second-order valence-corrected chi connectivity index (χ2v) is 10.8. The number of nitrogens with one attached hydrogen (secondary N) is 1. The second kappa shape index (κ2) is 12.7. The molecular weight excluding hydrogens is 464 g/mol. The zero-order chi connectivity index (χ0) is 26.3. The van der Waals surface area contributed by atoms with Crippen molar-refractivity contribution in [2.45, 2.75) is 102 Å². The summed E-state index contributed by atoms with van der Waals surface area (Å²) in [6.07, 6.45) is 10.6. The summed E-state index contributed by atoms with van der Waals surface area (Å²) in [5.74, 6) is -0.607. The first-order valence-electron chi connectivity index (χ1n) is 14.1. The molecule has 0 spiro atoms. The maximum atomic E-state index is 13.3. The number of hydrogen-bond acceptors (Lipinski definition) is 4. The number of benzene rings is 1. The molecule has 1 fully saturated rings. The number of carbonyl (C=O) groups excluding carboxylic acids is 1. The molecule has 1 aromatic carbocycles. The average Bonchev–Trinajstić information content (AvgIpc) is 2.90. The van der Waals surface area contributed by atoms with Crippen molar-refractivity contribution in [2.75, 3.05) is 6.61 Å². The Kier molecular flexibility index (Phi) is 9.36. The van der Waals surface area contributed by atoms with Gasteiger partial charge in [0.05, 0.1) is 11.5 Å². The van der Waals surface area contributed by atoms with Gasteiger partial charge in [0, 0.05) is 24.4 Å². The van der Waals surface area contributed by atoms with Gasteiger partial charge in [0.2, 0.25) is 5.91 Å². The van der Waals surface area contributed by atoms with E-state index in [0.29, 0.717) is 25.4 Å². The van der Waals surface area contributed by atoms with Crippen molar-refractivity contribution >= 4 is 11.9 Å². The van der Waals surface area contributed by atoms with Crippen molar-refractivity contribution in [3.05, 3.63) is 65.0 Å². The molecule has 1 saturated carbocycles. The molecular formula is C31H42N2O4. The van der Waals surface area contributed by atoms with Crippen LogP contribution >= 0.6 is 0 Å². The van der Waals surface area contributed by atoms with Crippen LogP contribution in [0, 0.1) is 5.92 Å². The predicted octanol–water partition coefficient (Wildman–Crippen LogP) is 5.41. The van der Waals surface area contributed by atoms with Gasteiger partial charge >= 0.3 is 5.97 Å². The number of carboxylic acids is 1. The third kappa shape index (κ3) is 6.59. The molecule has 2 aliphatic rings. The van der Waals surface area contributed by atoms with Crippen LogP contribution in [0.15, 0.2) is 42.5 Å². The van der Waals surface area contributed by atoms with E-state index in [-0.39, 0.29) is 18.4 Å². The van der Waals surface area contributed by atoms with E-state index in [1.807, 2.05) is 44.2 Å². The first-order valence-corrected chi connectivity index (χ1v) is 14.1. The molecule has 37 heavy (non-hydrogen) atoms. The molecule has 0 radical (unpaired) electrons. The van der Waals surface area contributed by atoms with Crippen molar-refractivity contribution in [3.63, 3.8) is 0 Å². The molecule has 200 valence electrons. The van der Waals surface area contributed by atoms with Crippen LogP contribution in [0.1, 0.15) is 87.7 Å². The number of carboxylic acid groups (broad SMARTS) is 1. The highest BCUT2D eigenvalue weighted by molar-refractivity contribution is 5.91. The Labute approximate surface area is 221 Å². The Bertz CT molecular complexity index is 1040. The van der Waals surface area contributed by atoms with Crippen LogP contribution in [0.4, 0.5) is 0 Å². The van der Waals surface area contributed by atoms with E-state index in [2.05, 4.69) is 17.4 Å². The highest BCUT2D eigenvalue weighted by Gasteiger charge is 2.38. The van der Waals surface area contributed by atoms with Crippen LogP contribution < -0.4 is 5.32 Å². The van der Waals surface area contributed by atoms with E-state index >= 15 is 0 Å². The molecule has 4 rings (SSSR count). The van der Waals surface area contributed by atoms with Crippen LogP contribution in [-0.2, 0) is 39.0 Å². The van der Waals surface area contributed by atoms with E-state index in [1.165, 1.54) is 36.2 Å². The number of carbonyl (C=O) groups is 2. The molecule has 0 saturated heterocycles. The van der Waals surface area contributed by atoms with Gasteiger partial charge < -0.3 is 15.2 Å². The zero-order valence-electron chi connectivity index (χ0n) is 22.4. The summed E-state index contributed by atoms with van der Waals surface area (Å²) in [6.45, 7) is 4.28. The molecule has 1 atom stereocenters. The van der Waals surface area contributed by atoms with E-state index < -0.39 is 17.4 Å². The van der Waals surface area contributed by atoms with Gasteiger partial charge in [-0.1, -0.05) is 50.2 Å². The number of ether oxygens (including phenoxy) is 1. The number of pyridine rings is 1. The fourth-order valence-corrected chi connectivity index (χ4v) is 5.94. The molecule has 1 unspecified atom stereocenters. The van der Waals surface area contributed by atoms with Gasteiger partial charge in [0.15, 0.2) is 0 Å². The minimum absolute atomic E-state index is 0.182. The van der Waals surface area contributed by atoms with Crippen LogP contribution in [-0.4, -0.2) is 40.7 Å². The Morgan fingerprint density at radius 1 is 1.08 bits per heavy atom. The molecule has 1 heterocycles. The predicted molar refractivity (Wildman–Crippen MR) is 145 cm³/mol. The standard InChI is InChI=1S/C31H42N2O4/c1-3-31(4-2,24-11-6-5-7-12-24)30(36)33-28(29(34)35)18-19-37-26-20-22(21-26)14-16-25-17-15-23-10-8-9-13-27(23)32-25/h5-7,11-12,15,17,22,26,28H,3-4,8-10,13-14,16,18-21H2,1-2H3,(H,33,36)(H,34,35). The summed E-state index contributed by atoms with van der Waals surface area (Å²) in [7, 11) is 0. The first kappa shape index (κ1) is 27.3. The van der Waals surface area contributed by atoms with Crippen LogP contribution in [0.25, 0.3) is 0 Å². The van der Waals surface area contributed by atoms with Gasteiger partial charge in [0.25, 0.3) is 0 Å². The summed E-state index contributed by atoms with van der Waals surface area (Å²) >= 11 is 0. The summed E-state index contributed by atoms with van der Waals surface area (Å²) in [5, 5.41) is 12.6. The molecule has 0 bridgehead atoms. The number of hydrogen-bond donors (Lipinski definition) is 2. The molecule has 2 N–H and O–H groups in total. The smallest absolute Gasteiger partial charge is 0.326 e. The number of aliphatic carboxylic acids is 1. The highest BCUT2D eigenvalue weighted by atomic mass is 16.5. The Morgan fingerprint density at radius 3 is 2.51 bits per heavy atom. The fraction of sp³-hybridized carbons (Fsp3) is 0.581. The van der Waals surface area contributed by atoms with Crippen LogP contribution in [0.3, 0.4) is 0 Å². The van der Waals surface area contributed by atoms with E-state index in [0.717, 1.165) is 37.7 Å². The number of fused-ring (bicyclic) bond motifs is 1. The lowest BCUT2D eigenvalue weighted by atomic mass is 9.75. The average molecular weight is 507 g/mol. The molecule has 6 heteroatoms. The van der Waals surface area contributed by atoms with E-state index in [9.17, 15) is 14.7 Å². The van der Waals surface area contributed by atoms with Crippen molar-refractivity contribution in [2.24, 2.45) is 5.92 Å². The molecule has 1 aromatic heterocycles. The van der Waals surface area contributed by atoms with Crippen LogP contribution in [0.5, 0.6) is 0 Å². The van der Waals surface area contributed by atoms with Crippen molar-refractivity contribution in [3.8, 4) is 0 Å². The lowest BCUT2D eigenvalue weighted by Gasteiger charge is -2.36. The maximum absolute atomic E-state index is 13.3. The molecule has 1 amide bonds. The van der Waals surface area contributed by atoms with Crippen molar-refractivity contribution in [1.82, 2.24) is 10.3 Å².